The molecule has 2 aromatic carbocycles. The molecule has 0 aliphatic heterocycles. The number of nitrogens with one attached hydrogen (secondary N) is 1. The average molecular weight is 413 g/mol. The highest BCUT2D eigenvalue weighted by atomic mass is 35.5. The number of nitrogens with two attached hydrogens (primary N) is 1. The fourth-order valence-electron chi connectivity index (χ4n) is 2.43. The molecule has 0 unspecified atom stereocenters. The summed E-state index contributed by atoms with van der Waals surface area (Å²) in [6, 6.07) is 6.20. The normalized spacial score (nSPS) is 10.4. The topological polar surface area (TPSA) is 82.8 Å². The Morgan fingerprint density at radius 3 is 2.00 bits per heavy atom. The van der Waals surface area contributed by atoms with Gasteiger partial charge in [0.2, 0.25) is 5.75 Å². The maximum atomic E-state index is 12.8. The molecule has 0 spiro atoms. The zero-order valence-corrected chi connectivity index (χ0v) is 16.9. The molecule has 0 radical (unpaired) electrons. The predicted octanol–water partition coefficient (Wildman–Crippen LogP) is 5.02. The van der Waals surface area contributed by atoms with E-state index in [1.54, 1.807) is 12.1 Å². The Balaban J connectivity index is 2.43. The second-order valence-electron chi connectivity index (χ2n) is 5.41. The van der Waals surface area contributed by atoms with Crippen LogP contribution in [0.25, 0.3) is 0 Å². The monoisotopic (exact) mass is 412 g/mol. The number of halogens is 2. The molecule has 0 atom stereocenters. The van der Waals surface area contributed by atoms with E-state index in [1.807, 2.05) is 20.8 Å². The maximum absolute atomic E-state index is 12.8. The third-order valence-electron chi connectivity index (χ3n) is 3.50. The van der Waals surface area contributed by atoms with Crippen LogP contribution in [0.2, 0.25) is 10.0 Å². The second kappa shape index (κ2) is 9.58. The van der Waals surface area contributed by atoms with E-state index in [1.165, 1.54) is 12.1 Å². The number of anilines is 2. The number of nitrogen functional groups attached to an aromatic ring is 1. The summed E-state index contributed by atoms with van der Waals surface area (Å²) in [5.74, 6) is 0.883. The molecule has 1 amide bonds. The lowest BCUT2D eigenvalue weighted by Crippen LogP contribution is -2.15. The summed E-state index contributed by atoms with van der Waals surface area (Å²) < 4.78 is 16.9. The lowest BCUT2D eigenvalue weighted by atomic mass is 10.1. The summed E-state index contributed by atoms with van der Waals surface area (Å²) in [7, 11) is 0. The maximum Gasteiger partial charge on any atom is 0.256 e. The Kier molecular flexibility index (Phi) is 7.45. The van der Waals surface area contributed by atoms with Crippen LogP contribution in [0.5, 0.6) is 17.2 Å². The molecular formula is C19H22Cl2N2O4. The number of carbonyl (C=O) groups excluding carboxylic acids is 1. The third-order valence-corrected chi connectivity index (χ3v) is 4.01. The van der Waals surface area contributed by atoms with Crippen molar-refractivity contribution in [2.75, 3.05) is 30.9 Å². The minimum Gasteiger partial charge on any atom is -0.490 e. The van der Waals surface area contributed by atoms with Gasteiger partial charge >= 0.3 is 0 Å². The first-order valence-electron chi connectivity index (χ1n) is 8.53. The van der Waals surface area contributed by atoms with E-state index in [0.29, 0.717) is 47.7 Å². The van der Waals surface area contributed by atoms with Crippen molar-refractivity contribution in [2.45, 2.75) is 20.8 Å². The predicted molar refractivity (Wildman–Crippen MR) is 109 cm³/mol. The van der Waals surface area contributed by atoms with Crippen LogP contribution in [0.1, 0.15) is 31.1 Å². The molecule has 0 aromatic heterocycles. The fourth-order valence-corrected chi connectivity index (χ4v) is 2.99. The molecule has 6 nitrogen and oxygen atoms in total. The van der Waals surface area contributed by atoms with Gasteiger partial charge in [-0.05, 0) is 45.0 Å². The summed E-state index contributed by atoms with van der Waals surface area (Å²) in [5, 5.41) is 3.33. The number of carbonyl (C=O) groups is 1. The Morgan fingerprint density at radius 2 is 1.52 bits per heavy atom. The van der Waals surface area contributed by atoms with E-state index in [9.17, 15) is 4.79 Å². The Bertz CT molecular complexity index is 777. The standard InChI is InChI=1S/C19H22Cl2N2O4/c1-4-25-15-7-11(8-16(26-5-2)18(15)27-6-3)19(24)23-17-13(21)9-12(20)10-14(17)22/h7-10H,4-6,22H2,1-3H3,(H,23,24). The highest BCUT2D eigenvalue weighted by Crippen LogP contribution is 2.40. The summed E-state index contributed by atoms with van der Waals surface area (Å²) >= 11 is 12.1. The molecular weight excluding hydrogens is 391 g/mol. The van der Waals surface area contributed by atoms with Crippen LogP contribution in [0.3, 0.4) is 0 Å². The van der Waals surface area contributed by atoms with E-state index in [0.717, 1.165) is 0 Å². The minimum atomic E-state index is -0.420. The first-order chi connectivity index (χ1) is 12.9. The van der Waals surface area contributed by atoms with Crippen LogP contribution in [0, 0.1) is 0 Å². The largest absolute Gasteiger partial charge is 0.490 e. The molecule has 2 aromatic rings. The highest BCUT2D eigenvalue weighted by molar-refractivity contribution is 6.37. The van der Waals surface area contributed by atoms with Crippen LogP contribution in [0.15, 0.2) is 24.3 Å². The van der Waals surface area contributed by atoms with Gasteiger partial charge in [0, 0.05) is 10.6 Å². The van der Waals surface area contributed by atoms with Crippen molar-refractivity contribution in [2.24, 2.45) is 0 Å². The van der Waals surface area contributed by atoms with Crippen LogP contribution in [0.4, 0.5) is 11.4 Å². The van der Waals surface area contributed by atoms with Crippen molar-refractivity contribution in [1.82, 2.24) is 0 Å². The van der Waals surface area contributed by atoms with Crippen LogP contribution in [-0.4, -0.2) is 25.7 Å². The Labute approximate surface area is 168 Å². The summed E-state index contributed by atoms with van der Waals surface area (Å²) in [6.45, 7) is 6.80. The Hall–Kier alpha value is -2.31. The molecule has 27 heavy (non-hydrogen) atoms. The van der Waals surface area contributed by atoms with Crippen molar-refractivity contribution in [3.63, 3.8) is 0 Å². The van der Waals surface area contributed by atoms with Crippen LogP contribution < -0.4 is 25.3 Å². The molecule has 3 N–H and O–H groups in total. The van der Waals surface area contributed by atoms with Gasteiger partial charge in [-0.25, -0.2) is 0 Å². The minimum absolute atomic E-state index is 0.245. The highest BCUT2D eigenvalue weighted by Gasteiger charge is 2.19. The molecule has 0 saturated carbocycles. The van der Waals surface area contributed by atoms with Crippen molar-refractivity contribution < 1.29 is 19.0 Å². The lowest BCUT2D eigenvalue weighted by Gasteiger charge is -2.17. The van der Waals surface area contributed by atoms with E-state index < -0.39 is 5.91 Å². The SMILES string of the molecule is CCOc1cc(C(=O)Nc2c(N)cc(Cl)cc2Cl)cc(OCC)c1OCC. The smallest absolute Gasteiger partial charge is 0.256 e. The van der Waals surface area contributed by atoms with Crippen molar-refractivity contribution >= 4 is 40.5 Å². The van der Waals surface area contributed by atoms with Crippen LogP contribution >= 0.6 is 23.2 Å². The number of rotatable bonds is 8. The average Bonchev–Trinajstić information content (AvgIpc) is 2.60. The Morgan fingerprint density at radius 1 is 0.963 bits per heavy atom. The molecule has 0 heterocycles. The number of benzene rings is 2. The molecule has 0 saturated heterocycles. The van der Waals surface area contributed by atoms with Gasteiger partial charge in [-0.3, -0.25) is 4.79 Å². The van der Waals surface area contributed by atoms with E-state index >= 15 is 0 Å². The zero-order chi connectivity index (χ0) is 20.0. The first-order valence-corrected chi connectivity index (χ1v) is 9.29. The number of hydrogen-bond acceptors (Lipinski definition) is 5. The molecule has 0 fully saturated rings. The van der Waals surface area contributed by atoms with E-state index in [-0.39, 0.29) is 16.4 Å². The van der Waals surface area contributed by atoms with E-state index in [2.05, 4.69) is 5.32 Å². The fraction of sp³-hybridized carbons (Fsp3) is 0.316. The molecule has 8 heteroatoms. The molecule has 0 aliphatic rings. The quantitative estimate of drug-likeness (QED) is 0.594. The zero-order valence-electron chi connectivity index (χ0n) is 15.4. The molecule has 146 valence electrons. The van der Waals surface area contributed by atoms with Gasteiger partial charge in [0.15, 0.2) is 11.5 Å². The molecule has 0 bridgehead atoms. The van der Waals surface area contributed by atoms with Crippen molar-refractivity contribution in [1.29, 1.82) is 0 Å². The molecule has 2 rings (SSSR count). The second-order valence-corrected chi connectivity index (χ2v) is 6.25. The summed E-state index contributed by atoms with van der Waals surface area (Å²) in [4.78, 5) is 12.8. The number of ether oxygens (including phenoxy) is 3. The van der Waals surface area contributed by atoms with Gasteiger partial charge < -0.3 is 25.3 Å². The first kappa shape index (κ1) is 21.0. The van der Waals surface area contributed by atoms with Gasteiger partial charge in [0.25, 0.3) is 5.91 Å². The van der Waals surface area contributed by atoms with Gasteiger partial charge in [-0.1, -0.05) is 23.2 Å². The molecule has 0 aliphatic carbocycles. The summed E-state index contributed by atoms with van der Waals surface area (Å²) in [6.07, 6.45) is 0. The summed E-state index contributed by atoms with van der Waals surface area (Å²) in [5.41, 5.74) is 6.78. The van der Waals surface area contributed by atoms with Gasteiger partial charge in [-0.15, -0.1) is 0 Å². The van der Waals surface area contributed by atoms with Crippen LogP contribution in [-0.2, 0) is 0 Å². The van der Waals surface area contributed by atoms with Crippen molar-refractivity contribution in [3.05, 3.63) is 39.9 Å². The van der Waals surface area contributed by atoms with E-state index in [4.69, 9.17) is 43.1 Å². The third kappa shape index (κ3) is 5.11. The number of hydrogen-bond donors (Lipinski definition) is 2. The lowest BCUT2D eigenvalue weighted by molar-refractivity contribution is 0.102. The van der Waals surface area contributed by atoms with Gasteiger partial charge in [-0.2, -0.15) is 0 Å². The van der Waals surface area contributed by atoms with Gasteiger partial charge in [0.05, 0.1) is 36.2 Å². The van der Waals surface area contributed by atoms with Crippen molar-refractivity contribution in [3.8, 4) is 17.2 Å². The van der Waals surface area contributed by atoms with Gasteiger partial charge in [0.1, 0.15) is 0 Å². The number of amides is 1.